The monoisotopic (exact) mass is 271 g/mol. The van der Waals surface area contributed by atoms with Crippen LogP contribution in [0.1, 0.15) is 22.9 Å². The fraction of sp³-hybridized carbons (Fsp3) is 0.250. The van der Waals surface area contributed by atoms with Crippen LogP contribution in [-0.2, 0) is 6.42 Å². The molecule has 1 aromatic carbocycles. The smallest absolute Gasteiger partial charge is 0.134 e. The zero-order chi connectivity index (χ0) is 13.1. The Morgan fingerprint density at radius 3 is 2.89 bits per heavy atom. The Labute approximate surface area is 117 Å². The number of furan rings is 1. The van der Waals surface area contributed by atoms with Crippen molar-refractivity contribution in [3.05, 3.63) is 58.5 Å². The average molecular weight is 271 g/mol. The maximum atomic E-state index is 5.63. The van der Waals surface area contributed by atoms with Crippen molar-refractivity contribution >= 4 is 22.3 Å². The van der Waals surface area contributed by atoms with Crippen molar-refractivity contribution in [1.29, 1.82) is 0 Å². The van der Waals surface area contributed by atoms with Gasteiger partial charge in [0.1, 0.15) is 5.58 Å². The Hall–Kier alpha value is -1.58. The first-order chi connectivity index (χ1) is 9.38. The second-order valence-electron chi connectivity index (χ2n) is 4.65. The Bertz CT molecular complexity index is 642. The number of hydrogen-bond acceptors (Lipinski definition) is 3. The van der Waals surface area contributed by atoms with Crippen LogP contribution in [0, 0.1) is 0 Å². The summed E-state index contributed by atoms with van der Waals surface area (Å²) in [4.78, 5) is 1.44. The van der Waals surface area contributed by atoms with Crippen molar-refractivity contribution in [3.8, 4) is 0 Å². The minimum Gasteiger partial charge on any atom is -0.464 e. The van der Waals surface area contributed by atoms with Crippen molar-refractivity contribution in [1.82, 2.24) is 5.32 Å². The lowest BCUT2D eigenvalue weighted by Gasteiger charge is -2.14. The third-order valence-electron chi connectivity index (χ3n) is 3.49. The van der Waals surface area contributed by atoms with Crippen LogP contribution < -0.4 is 5.32 Å². The van der Waals surface area contributed by atoms with E-state index in [-0.39, 0.29) is 0 Å². The number of hydrogen-bond donors (Lipinski definition) is 1. The van der Waals surface area contributed by atoms with Gasteiger partial charge >= 0.3 is 0 Å². The lowest BCUT2D eigenvalue weighted by molar-refractivity contribution is 0.536. The molecule has 2 heterocycles. The minimum absolute atomic E-state index is 0.339. The molecule has 98 valence electrons. The van der Waals surface area contributed by atoms with Crippen LogP contribution in [-0.4, -0.2) is 7.05 Å². The van der Waals surface area contributed by atoms with Gasteiger partial charge in [0.15, 0.2) is 0 Å². The highest BCUT2D eigenvalue weighted by atomic mass is 32.1. The molecule has 1 N–H and O–H groups in total. The van der Waals surface area contributed by atoms with E-state index < -0.39 is 0 Å². The molecular weight excluding hydrogens is 254 g/mol. The summed E-state index contributed by atoms with van der Waals surface area (Å²) in [5.74, 6) is 0. The molecule has 0 radical (unpaired) electrons. The van der Waals surface area contributed by atoms with Gasteiger partial charge in [0.05, 0.1) is 6.26 Å². The summed E-state index contributed by atoms with van der Waals surface area (Å²) in [6, 6.07) is 12.9. The summed E-state index contributed by atoms with van der Waals surface area (Å²) in [5, 5.41) is 6.76. The van der Waals surface area contributed by atoms with Crippen LogP contribution in [0.3, 0.4) is 0 Å². The summed E-state index contributed by atoms with van der Waals surface area (Å²) in [6.07, 6.45) is 4.07. The van der Waals surface area contributed by atoms with Gasteiger partial charge in [-0.2, -0.15) is 0 Å². The SMILES string of the molecule is CNC(CCc1cccs1)c1coc2ccccc12. The Morgan fingerprint density at radius 1 is 1.21 bits per heavy atom. The normalized spacial score (nSPS) is 12.9. The molecule has 0 saturated carbocycles. The fourth-order valence-electron chi connectivity index (χ4n) is 2.46. The number of benzene rings is 1. The third kappa shape index (κ3) is 2.57. The van der Waals surface area contributed by atoms with Gasteiger partial charge in [-0.25, -0.2) is 0 Å². The maximum Gasteiger partial charge on any atom is 0.134 e. The fourth-order valence-corrected chi connectivity index (χ4v) is 3.19. The molecule has 1 atom stereocenters. The number of thiophene rings is 1. The van der Waals surface area contributed by atoms with Crippen LogP contribution in [0.5, 0.6) is 0 Å². The van der Waals surface area contributed by atoms with E-state index in [9.17, 15) is 0 Å². The Kier molecular flexibility index (Phi) is 3.67. The van der Waals surface area contributed by atoms with Gasteiger partial charge in [0, 0.05) is 21.9 Å². The van der Waals surface area contributed by atoms with Crippen LogP contribution in [0.15, 0.2) is 52.5 Å². The van der Waals surface area contributed by atoms with E-state index in [1.165, 1.54) is 15.8 Å². The molecule has 0 amide bonds. The van der Waals surface area contributed by atoms with Gasteiger partial charge in [0.25, 0.3) is 0 Å². The van der Waals surface area contributed by atoms with Crippen molar-refractivity contribution in [2.45, 2.75) is 18.9 Å². The molecule has 3 rings (SSSR count). The summed E-state index contributed by atoms with van der Waals surface area (Å²) in [6.45, 7) is 0. The second-order valence-corrected chi connectivity index (χ2v) is 5.68. The Morgan fingerprint density at radius 2 is 2.11 bits per heavy atom. The average Bonchev–Trinajstić information content (AvgIpc) is 3.09. The van der Waals surface area contributed by atoms with Gasteiger partial charge in [-0.15, -0.1) is 11.3 Å². The molecule has 0 aliphatic heterocycles. The number of aryl methyl sites for hydroxylation is 1. The van der Waals surface area contributed by atoms with Crippen LogP contribution >= 0.6 is 11.3 Å². The molecule has 0 spiro atoms. The van der Waals surface area contributed by atoms with Gasteiger partial charge in [0.2, 0.25) is 0 Å². The van der Waals surface area contributed by atoms with Gasteiger partial charge < -0.3 is 9.73 Å². The van der Waals surface area contributed by atoms with E-state index in [0.717, 1.165) is 18.4 Å². The lowest BCUT2D eigenvalue weighted by atomic mass is 10.0. The predicted molar refractivity (Wildman–Crippen MR) is 80.7 cm³/mol. The summed E-state index contributed by atoms with van der Waals surface area (Å²) in [7, 11) is 2.01. The predicted octanol–water partition coefficient (Wildman–Crippen LogP) is 4.39. The van der Waals surface area contributed by atoms with Gasteiger partial charge in [-0.1, -0.05) is 24.3 Å². The summed E-state index contributed by atoms with van der Waals surface area (Å²) < 4.78 is 5.63. The molecule has 0 saturated heterocycles. The molecule has 3 heteroatoms. The molecule has 1 unspecified atom stereocenters. The zero-order valence-corrected chi connectivity index (χ0v) is 11.7. The first kappa shape index (κ1) is 12.5. The highest BCUT2D eigenvalue weighted by molar-refractivity contribution is 7.09. The molecule has 3 aromatic rings. The lowest BCUT2D eigenvalue weighted by Crippen LogP contribution is -2.16. The van der Waals surface area contributed by atoms with E-state index >= 15 is 0 Å². The molecule has 19 heavy (non-hydrogen) atoms. The second kappa shape index (κ2) is 5.59. The number of nitrogens with one attached hydrogen (secondary N) is 1. The van der Waals surface area contributed by atoms with E-state index in [1.807, 2.05) is 36.8 Å². The number of fused-ring (bicyclic) bond motifs is 1. The first-order valence-corrected chi connectivity index (χ1v) is 7.42. The van der Waals surface area contributed by atoms with Crippen molar-refractivity contribution in [2.75, 3.05) is 7.05 Å². The molecule has 0 aliphatic rings. The van der Waals surface area contributed by atoms with Crippen LogP contribution in [0.25, 0.3) is 11.0 Å². The van der Waals surface area contributed by atoms with Crippen molar-refractivity contribution < 1.29 is 4.42 Å². The molecule has 2 nitrogen and oxygen atoms in total. The van der Waals surface area contributed by atoms with Crippen molar-refractivity contribution in [3.63, 3.8) is 0 Å². The van der Waals surface area contributed by atoms with Crippen LogP contribution in [0.4, 0.5) is 0 Å². The first-order valence-electron chi connectivity index (χ1n) is 6.54. The summed E-state index contributed by atoms with van der Waals surface area (Å²) in [5.41, 5.74) is 2.23. The Balaban J connectivity index is 1.81. The highest BCUT2D eigenvalue weighted by Crippen LogP contribution is 2.29. The third-order valence-corrected chi connectivity index (χ3v) is 4.43. The number of rotatable bonds is 5. The molecule has 0 bridgehead atoms. The zero-order valence-electron chi connectivity index (χ0n) is 10.9. The van der Waals surface area contributed by atoms with Gasteiger partial charge in [-0.05, 0) is 37.4 Å². The van der Waals surface area contributed by atoms with E-state index in [2.05, 4.69) is 35.0 Å². The highest BCUT2D eigenvalue weighted by Gasteiger charge is 2.15. The van der Waals surface area contributed by atoms with Gasteiger partial charge in [-0.3, -0.25) is 0 Å². The summed E-state index contributed by atoms with van der Waals surface area (Å²) >= 11 is 1.83. The van der Waals surface area contributed by atoms with E-state index in [4.69, 9.17) is 4.42 Å². The standard InChI is InChI=1S/C16H17NOS/c1-17-15(9-8-12-5-4-10-19-12)14-11-18-16-7-3-2-6-13(14)16/h2-7,10-11,15,17H,8-9H2,1H3. The van der Waals surface area contributed by atoms with E-state index in [1.54, 1.807) is 0 Å². The van der Waals surface area contributed by atoms with Crippen molar-refractivity contribution in [2.24, 2.45) is 0 Å². The quantitative estimate of drug-likeness (QED) is 0.744. The topological polar surface area (TPSA) is 25.2 Å². The maximum absolute atomic E-state index is 5.63. The number of para-hydroxylation sites is 1. The molecular formula is C16H17NOS. The largest absolute Gasteiger partial charge is 0.464 e. The van der Waals surface area contributed by atoms with Crippen LogP contribution in [0.2, 0.25) is 0 Å². The minimum atomic E-state index is 0.339. The van der Waals surface area contributed by atoms with E-state index in [0.29, 0.717) is 6.04 Å². The molecule has 0 fully saturated rings. The molecule has 0 aliphatic carbocycles. The molecule has 2 aromatic heterocycles.